The summed E-state index contributed by atoms with van der Waals surface area (Å²) in [7, 11) is 0. The lowest BCUT2D eigenvalue weighted by molar-refractivity contribution is -0.123. The normalized spacial score (nSPS) is 10.5. The number of aliphatic hydroxyl groups is 1. The van der Waals surface area contributed by atoms with Gasteiger partial charge in [0, 0.05) is 11.1 Å². The maximum absolute atomic E-state index is 13.4. The molecule has 0 radical (unpaired) electrons. The molecule has 0 aliphatic carbocycles. The van der Waals surface area contributed by atoms with Crippen molar-refractivity contribution in [2.24, 2.45) is 5.41 Å². The summed E-state index contributed by atoms with van der Waals surface area (Å²) in [5.41, 5.74) is 0.111. The molecule has 3 nitrogen and oxygen atoms in total. The van der Waals surface area contributed by atoms with Gasteiger partial charge >= 0.3 is 0 Å². The monoisotopic (exact) mass is 249 g/mol. The van der Waals surface area contributed by atoms with E-state index in [0.717, 1.165) is 0 Å². The van der Waals surface area contributed by atoms with Crippen molar-refractivity contribution < 1.29 is 14.3 Å². The van der Waals surface area contributed by atoms with E-state index in [4.69, 9.17) is 5.11 Å². The van der Waals surface area contributed by atoms with Crippen LogP contribution in [0.4, 0.5) is 10.1 Å². The van der Waals surface area contributed by atoms with Gasteiger partial charge in [-0.25, -0.2) is 4.39 Å². The molecular formula is C14H16FNO2. The van der Waals surface area contributed by atoms with Gasteiger partial charge in [0.15, 0.2) is 0 Å². The summed E-state index contributed by atoms with van der Waals surface area (Å²) in [5, 5.41) is 11.3. The Balaban J connectivity index is 2.96. The van der Waals surface area contributed by atoms with Crippen LogP contribution in [0.5, 0.6) is 0 Å². The number of anilines is 1. The molecule has 0 aromatic heterocycles. The molecular weight excluding hydrogens is 233 g/mol. The SMILES string of the molecule is CC(C)(C)C(=O)Nc1ccc(F)c(C#CCO)c1. The molecule has 0 heterocycles. The first-order valence-electron chi connectivity index (χ1n) is 5.55. The fourth-order valence-corrected chi connectivity index (χ4v) is 1.15. The van der Waals surface area contributed by atoms with Crippen molar-refractivity contribution in [1.82, 2.24) is 0 Å². The molecule has 0 unspecified atom stereocenters. The van der Waals surface area contributed by atoms with Gasteiger partial charge in [-0.15, -0.1) is 0 Å². The van der Waals surface area contributed by atoms with Crippen LogP contribution < -0.4 is 5.32 Å². The second kappa shape index (κ2) is 5.65. The van der Waals surface area contributed by atoms with E-state index >= 15 is 0 Å². The number of benzene rings is 1. The van der Waals surface area contributed by atoms with Crippen LogP contribution in [0.15, 0.2) is 18.2 Å². The Morgan fingerprint density at radius 2 is 2.11 bits per heavy atom. The van der Waals surface area contributed by atoms with E-state index in [2.05, 4.69) is 17.2 Å². The Hall–Kier alpha value is -1.86. The van der Waals surface area contributed by atoms with Crippen LogP contribution in [-0.4, -0.2) is 17.6 Å². The fraction of sp³-hybridized carbons (Fsp3) is 0.357. The number of hydrogen-bond acceptors (Lipinski definition) is 2. The zero-order valence-electron chi connectivity index (χ0n) is 10.7. The molecule has 0 aliphatic heterocycles. The number of amides is 1. The highest BCUT2D eigenvalue weighted by molar-refractivity contribution is 5.94. The lowest BCUT2D eigenvalue weighted by Crippen LogP contribution is -2.27. The number of hydrogen-bond donors (Lipinski definition) is 2. The van der Waals surface area contributed by atoms with Crippen LogP contribution in [0, 0.1) is 23.1 Å². The molecule has 0 fully saturated rings. The van der Waals surface area contributed by atoms with Gasteiger partial charge in [-0.1, -0.05) is 32.6 Å². The Morgan fingerprint density at radius 1 is 1.44 bits per heavy atom. The van der Waals surface area contributed by atoms with Crippen molar-refractivity contribution in [1.29, 1.82) is 0 Å². The first-order valence-corrected chi connectivity index (χ1v) is 5.55. The second-order valence-corrected chi connectivity index (χ2v) is 4.86. The third-order valence-electron chi connectivity index (χ3n) is 2.21. The maximum atomic E-state index is 13.4. The Bertz CT molecular complexity index is 507. The molecule has 0 spiro atoms. The summed E-state index contributed by atoms with van der Waals surface area (Å²) >= 11 is 0. The molecule has 1 rings (SSSR count). The number of carbonyl (C=O) groups excluding carboxylic acids is 1. The Morgan fingerprint density at radius 3 is 2.67 bits per heavy atom. The van der Waals surface area contributed by atoms with Crippen molar-refractivity contribution in [3.8, 4) is 11.8 Å². The summed E-state index contributed by atoms with van der Waals surface area (Å²) < 4.78 is 13.4. The minimum absolute atomic E-state index is 0.149. The lowest BCUT2D eigenvalue weighted by atomic mass is 9.95. The van der Waals surface area contributed by atoms with E-state index in [1.807, 2.05) is 0 Å². The smallest absolute Gasteiger partial charge is 0.229 e. The van der Waals surface area contributed by atoms with Gasteiger partial charge in [-0.3, -0.25) is 4.79 Å². The molecule has 2 N–H and O–H groups in total. The highest BCUT2D eigenvalue weighted by Gasteiger charge is 2.21. The van der Waals surface area contributed by atoms with Gasteiger partial charge in [-0.2, -0.15) is 0 Å². The third-order valence-corrected chi connectivity index (χ3v) is 2.21. The molecule has 0 atom stereocenters. The summed E-state index contributed by atoms with van der Waals surface area (Å²) in [6, 6.07) is 4.16. The second-order valence-electron chi connectivity index (χ2n) is 4.86. The predicted molar refractivity (Wildman–Crippen MR) is 68.4 cm³/mol. The quantitative estimate of drug-likeness (QED) is 0.749. The number of carbonyl (C=O) groups is 1. The van der Waals surface area contributed by atoms with Crippen LogP contribution in [0.2, 0.25) is 0 Å². The van der Waals surface area contributed by atoms with Crippen LogP contribution in [0.1, 0.15) is 26.3 Å². The van der Waals surface area contributed by atoms with Crippen molar-refractivity contribution in [2.75, 3.05) is 11.9 Å². The molecule has 4 heteroatoms. The first-order chi connectivity index (χ1) is 8.34. The lowest BCUT2D eigenvalue weighted by Gasteiger charge is -2.17. The molecule has 1 amide bonds. The van der Waals surface area contributed by atoms with Crippen molar-refractivity contribution >= 4 is 11.6 Å². The van der Waals surface area contributed by atoms with Crippen LogP contribution in [0.3, 0.4) is 0 Å². The number of nitrogens with one attached hydrogen (secondary N) is 1. The van der Waals surface area contributed by atoms with Gasteiger partial charge in [0.25, 0.3) is 0 Å². The van der Waals surface area contributed by atoms with E-state index in [0.29, 0.717) is 5.69 Å². The van der Waals surface area contributed by atoms with E-state index in [1.165, 1.54) is 18.2 Å². The Labute approximate surface area is 106 Å². The molecule has 0 aliphatic rings. The van der Waals surface area contributed by atoms with Crippen molar-refractivity contribution in [3.63, 3.8) is 0 Å². The average Bonchev–Trinajstić information content (AvgIpc) is 2.28. The molecule has 1 aromatic carbocycles. The highest BCUT2D eigenvalue weighted by atomic mass is 19.1. The van der Waals surface area contributed by atoms with Crippen molar-refractivity contribution in [2.45, 2.75) is 20.8 Å². The number of aliphatic hydroxyl groups excluding tert-OH is 1. The van der Waals surface area contributed by atoms with E-state index in [9.17, 15) is 9.18 Å². The zero-order valence-corrected chi connectivity index (χ0v) is 10.7. The minimum atomic E-state index is -0.522. The highest BCUT2D eigenvalue weighted by Crippen LogP contribution is 2.19. The molecule has 0 bridgehead atoms. The predicted octanol–water partition coefficient (Wildman–Crippen LogP) is 2.15. The fourth-order valence-electron chi connectivity index (χ4n) is 1.15. The van der Waals surface area contributed by atoms with Gasteiger partial charge < -0.3 is 10.4 Å². The number of halogens is 1. The summed E-state index contributed by atoms with van der Waals surface area (Å²) in [6.07, 6.45) is 0. The van der Waals surface area contributed by atoms with Crippen LogP contribution in [-0.2, 0) is 4.79 Å². The minimum Gasteiger partial charge on any atom is -0.384 e. The van der Waals surface area contributed by atoms with Gasteiger partial charge in [0.2, 0.25) is 5.91 Å². The van der Waals surface area contributed by atoms with Crippen LogP contribution in [0.25, 0.3) is 0 Å². The summed E-state index contributed by atoms with van der Waals surface area (Å²) in [6.45, 7) is 5.03. The number of rotatable bonds is 1. The largest absolute Gasteiger partial charge is 0.384 e. The first kappa shape index (κ1) is 14.2. The third kappa shape index (κ3) is 3.86. The summed E-state index contributed by atoms with van der Waals surface area (Å²) in [4.78, 5) is 11.8. The van der Waals surface area contributed by atoms with Crippen molar-refractivity contribution in [3.05, 3.63) is 29.6 Å². The molecule has 0 saturated heterocycles. The Kier molecular flexibility index (Phi) is 4.46. The molecule has 96 valence electrons. The standard InChI is InChI=1S/C14H16FNO2/c1-14(2,3)13(18)16-11-6-7-12(15)10(9-11)5-4-8-17/h6-7,9,17H,8H2,1-3H3,(H,16,18). The zero-order chi connectivity index (χ0) is 13.8. The van der Waals surface area contributed by atoms with E-state index in [1.54, 1.807) is 20.8 Å². The van der Waals surface area contributed by atoms with Crippen LogP contribution >= 0.6 is 0 Å². The maximum Gasteiger partial charge on any atom is 0.229 e. The molecule has 0 saturated carbocycles. The average molecular weight is 249 g/mol. The molecule has 18 heavy (non-hydrogen) atoms. The van der Waals surface area contributed by atoms with E-state index in [-0.39, 0.29) is 18.1 Å². The van der Waals surface area contributed by atoms with E-state index < -0.39 is 11.2 Å². The van der Waals surface area contributed by atoms with Gasteiger partial charge in [0.05, 0.1) is 5.56 Å². The summed E-state index contributed by atoms with van der Waals surface area (Å²) in [5.74, 6) is 4.22. The topological polar surface area (TPSA) is 49.3 Å². The van der Waals surface area contributed by atoms with Gasteiger partial charge in [-0.05, 0) is 18.2 Å². The molecule has 1 aromatic rings. The van der Waals surface area contributed by atoms with Gasteiger partial charge in [0.1, 0.15) is 12.4 Å².